The predicted molar refractivity (Wildman–Crippen MR) is 99.1 cm³/mol. The fourth-order valence-corrected chi connectivity index (χ4v) is 2.99. The molecule has 3 rings (SSSR count). The highest BCUT2D eigenvalue weighted by Gasteiger charge is 2.09. The van der Waals surface area contributed by atoms with Gasteiger partial charge in [0.2, 0.25) is 0 Å². The number of aromatic hydroxyl groups is 3. The van der Waals surface area contributed by atoms with Crippen molar-refractivity contribution in [1.82, 2.24) is 0 Å². The van der Waals surface area contributed by atoms with Crippen molar-refractivity contribution in [3.8, 4) is 17.2 Å². The number of rotatable bonds is 6. The van der Waals surface area contributed by atoms with E-state index < -0.39 is 0 Å². The fraction of sp³-hybridized carbons (Fsp3) is 0.182. The van der Waals surface area contributed by atoms with Crippen LogP contribution in [0.1, 0.15) is 22.3 Å². The first-order valence-electron chi connectivity index (χ1n) is 8.47. The Balaban J connectivity index is 1.74. The summed E-state index contributed by atoms with van der Waals surface area (Å²) in [6.07, 6.45) is 3.27. The fourth-order valence-electron chi connectivity index (χ4n) is 2.99. The van der Waals surface area contributed by atoms with Gasteiger partial charge in [-0.1, -0.05) is 42.5 Å². The van der Waals surface area contributed by atoms with E-state index in [1.807, 2.05) is 30.3 Å². The van der Waals surface area contributed by atoms with E-state index in [0.717, 1.165) is 42.4 Å². The summed E-state index contributed by atoms with van der Waals surface area (Å²) >= 11 is 0. The number of hydrogen-bond acceptors (Lipinski definition) is 3. The van der Waals surface area contributed by atoms with Crippen LogP contribution in [0.5, 0.6) is 17.2 Å². The molecule has 0 atom stereocenters. The van der Waals surface area contributed by atoms with Crippen molar-refractivity contribution in [2.24, 2.45) is 0 Å². The first-order chi connectivity index (χ1) is 12.1. The standard InChI is InChI=1S/C22H22O3/c23-20-12-8-17(9-13-20)7-11-19-15-22(25)21(24)14-18(19)10-6-16-4-2-1-3-5-16/h1-5,8-9,12-15,23-25H,6-7,10-11H2. The number of aryl methyl sites for hydroxylation is 4. The number of phenols is 3. The first-order valence-corrected chi connectivity index (χ1v) is 8.47. The van der Waals surface area contributed by atoms with Gasteiger partial charge in [0.1, 0.15) is 5.75 Å². The van der Waals surface area contributed by atoms with Gasteiger partial charge in [-0.2, -0.15) is 0 Å². The van der Waals surface area contributed by atoms with Gasteiger partial charge in [0, 0.05) is 0 Å². The van der Waals surface area contributed by atoms with E-state index in [2.05, 4.69) is 12.1 Å². The molecule has 0 aromatic heterocycles. The van der Waals surface area contributed by atoms with Gasteiger partial charge >= 0.3 is 0 Å². The Labute approximate surface area is 147 Å². The van der Waals surface area contributed by atoms with E-state index in [4.69, 9.17) is 0 Å². The molecule has 0 unspecified atom stereocenters. The molecule has 0 fully saturated rings. The van der Waals surface area contributed by atoms with Crippen molar-refractivity contribution in [3.05, 3.63) is 89.0 Å². The molecule has 3 N–H and O–H groups in total. The molecule has 0 bridgehead atoms. The van der Waals surface area contributed by atoms with E-state index in [1.165, 1.54) is 5.56 Å². The second kappa shape index (κ2) is 7.75. The summed E-state index contributed by atoms with van der Waals surface area (Å²) in [7, 11) is 0. The van der Waals surface area contributed by atoms with Gasteiger partial charge in [-0.25, -0.2) is 0 Å². The lowest BCUT2D eigenvalue weighted by Gasteiger charge is -2.12. The predicted octanol–water partition coefficient (Wildman–Crippen LogP) is 4.37. The van der Waals surface area contributed by atoms with Crippen LogP contribution in [0.15, 0.2) is 66.7 Å². The Kier molecular flexibility index (Phi) is 5.24. The number of phenolic OH excluding ortho intramolecular Hbond substituents is 3. The van der Waals surface area contributed by atoms with Gasteiger partial charge in [0.15, 0.2) is 11.5 Å². The van der Waals surface area contributed by atoms with Crippen LogP contribution in [0.2, 0.25) is 0 Å². The van der Waals surface area contributed by atoms with Gasteiger partial charge in [-0.15, -0.1) is 0 Å². The average Bonchev–Trinajstić information content (AvgIpc) is 2.63. The van der Waals surface area contributed by atoms with Gasteiger partial charge in [-0.05, 0) is 72.2 Å². The zero-order chi connectivity index (χ0) is 17.6. The lowest BCUT2D eigenvalue weighted by Crippen LogP contribution is -2.00. The molecule has 128 valence electrons. The van der Waals surface area contributed by atoms with Crippen LogP contribution in [0.25, 0.3) is 0 Å². The van der Waals surface area contributed by atoms with E-state index in [9.17, 15) is 15.3 Å². The van der Waals surface area contributed by atoms with Crippen LogP contribution < -0.4 is 0 Å². The molecule has 0 saturated heterocycles. The molecule has 0 aliphatic heterocycles. The largest absolute Gasteiger partial charge is 0.508 e. The molecule has 3 aromatic rings. The second-order valence-corrected chi connectivity index (χ2v) is 6.26. The van der Waals surface area contributed by atoms with Gasteiger partial charge in [0.25, 0.3) is 0 Å². The molecule has 3 nitrogen and oxygen atoms in total. The highest BCUT2D eigenvalue weighted by atomic mass is 16.3. The van der Waals surface area contributed by atoms with E-state index >= 15 is 0 Å². The van der Waals surface area contributed by atoms with Gasteiger partial charge in [0.05, 0.1) is 0 Å². The molecule has 25 heavy (non-hydrogen) atoms. The molecular formula is C22H22O3. The maximum atomic E-state index is 9.86. The second-order valence-electron chi connectivity index (χ2n) is 6.26. The summed E-state index contributed by atoms with van der Waals surface area (Å²) < 4.78 is 0. The average molecular weight is 334 g/mol. The molecule has 0 amide bonds. The van der Waals surface area contributed by atoms with Crippen LogP contribution in [0, 0.1) is 0 Å². The van der Waals surface area contributed by atoms with E-state index in [0.29, 0.717) is 0 Å². The summed E-state index contributed by atoms with van der Waals surface area (Å²) in [5.41, 5.74) is 4.47. The molecule has 0 heterocycles. The molecule has 0 radical (unpaired) electrons. The van der Waals surface area contributed by atoms with E-state index in [1.54, 1.807) is 24.3 Å². The molecule has 3 heteroatoms. The molecule has 3 aromatic carbocycles. The quantitative estimate of drug-likeness (QED) is 0.587. The van der Waals surface area contributed by atoms with Gasteiger partial charge in [-0.3, -0.25) is 0 Å². The Morgan fingerprint density at radius 2 is 1.00 bits per heavy atom. The topological polar surface area (TPSA) is 60.7 Å². The highest BCUT2D eigenvalue weighted by molar-refractivity contribution is 5.46. The smallest absolute Gasteiger partial charge is 0.157 e. The molecule has 0 aliphatic rings. The van der Waals surface area contributed by atoms with Crippen molar-refractivity contribution in [3.63, 3.8) is 0 Å². The maximum absolute atomic E-state index is 9.86. The number of hydrogen-bond donors (Lipinski definition) is 3. The summed E-state index contributed by atoms with van der Waals surface area (Å²) in [5, 5.41) is 29.1. The minimum Gasteiger partial charge on any atom is -0.508 e. The normalized spacial score (nSPS) is 10.7. The van der Waals surface area contributed by atoms with Crippen molar-refractivity contribution >= 4 is 0 Å². The Hall–Kier alpha value is -2.94. The lowest BCUT2D eigenvalue weighted by molar-refractivity contribution is 0.402. The van der Waals surface area contributed by atoms with Crippen LogP contribution in [0.4, 0.5) is 0 Å². The minimum atomic E-state index is -0.0795. The summed E-state index contributed by atoms with van der Waals surface area (Å²) in [4.78, 5) is 0. The highest BCUT2D eigenvalue weighted by Crippen LogP contribution is 2.30. The van der Waals surface area contributed by atoms with Crippen LogP contribution in [-0.2, 0) is 25.7 Å². The molecule has 0 spiro atoms. The molecule has 0 aliphatic carbocycles. The Bertz CT molecular complexity index is 824. The molecular weight excluding hydrogens is 312 g/mol. The first kappa shape index (κ1) is 16.9. The SMILES string of the molecule is Oc1ccc(CCc2cc(O)c(O)cc2CCc2ccccc2)cc1. The molecule has 0 saturated carbocycles. The summed E-state index contributed by atoms with van der Waals surface area (Å²) in [6, 6.07) is 20.7. The third-order valence-corrected chi connectivity index (χ3v) is 4.44. The Morgan fingerprint density at radius 3 is 1.52 bits per heavy atom. The Morgan fingerprint density at radius 1 is 0.520 bits per heavy atom. The third-order valence-electron chi connectivity index (χ3n) is 4.44. The van der Waals surface area contributed by atoms with E-state index in [-0.39, 0.29) is 17.2 Å². The van der Waals surface area contributed by atoms with Crippen LogP contribution in [0.3, 0.4) is 0 Å². The number of benzene rings is 3. The summed E-state index contributed by atoms with van der Waals surface area (Å²) in [5.74, 6) is 0.107. The lowest BCUT2D eigenvalue weighted by atomic mass is 9.95. The minimum absolute atomic E-state index is 0.0727. The van der Waals surface area contributed by atoms with Crippen LogP contribution in [-0.4, -0.2) is 15.3 Å². The monoisotopic (exact) mass is 334 g/mol. The van der Waals surface area contributed by atoms with Crippen molar-refractivity contribution in [2.45, 2.75) is 25.7 Å². The van der Waals surface area contributed by atoms with Crippen molar-refractivity contribution in [2.75, 3.05) is 0 Å². The zero-order valence-electron chi connectivity index (χ0n) is 14.0. The van der Waals surface area contributed by atoms with Crippen molar-refractivity contribution < 1.29 is 15.3 Å². The summed E-state index contributed by atoms with van der Waals surface area (Å²) in [6.45, 7) is 0. The van der Waals surface area contributed by atoms with Crippen LogP contribution >= 0.6 is 0 Å². The van der Waals surface area contributed by atoms with Gasteiger partial charge < -0.3 is 15.3 Å². The zero-order valence-corrected chi connectivity index (χ0v) is 14.0. The third kappa shape index (κ3) is 4.54. The van der Waals surface area contributed by atoms with Crippen molar-refractivity contribution in [1.29, 1.82) is 0 Å². The maximum Gasteiger partial charge on any atom is 0.157 e.